The van der Waals surface area contributed by atoms with Crippen molar-refractivity contribution in [2.75, 3.05) is 0 Å². The lowest BCUT2D eigenvalue weighted by atomic mass is 9.88. The van der Waals surface area contributed by atoms with Gasteiger partial charge in [0.1, 0.15) is 11.5 Å². The topological polar surface area (TPSA) is 39.2 Å². The lowest BCUT2D eigenvalue weighted by Gasteiger charge is -2.27. The highest BCUT2D eigenvalue weighted by Crippen LogP contribution is 2.37. The van der Waals surface area contributed by atoms with Crippen LogP contribution in [0.1, 0.15) is 41.7 Å². The van der Waals surface area contributed by atoms with Crippen molar-refractivity contribution in [1.82, 2.24) is 4.98 Å². The summed E-state index contributed by atoms with van der Waals surface area (Å²) in [5.74, 6) is -0.350. The van der Waals surface area contributed by atoms with Crippen LogP contribution in [0, 0.1) is 18.7 Å². The molecule has 0 radical (unpaired) electrons. The Balaban J connectivity index is 1.82. The molecule has 2 unspecified atom stereocenters. The summed E-state index contributed by atoms with van der Waals surface area (Å²) < 4.78 is 18.7. The SMILES string of the molecule is Cc1cc(F)cnc1C(=O)C1CC2CCC(C1)O2. The number of ketones is 1. The number of ether oxygens (including phenoxy) is 1. The van der Waals surface area contributed by atoms with Gasteiger partial charge < -0.3 is 4.74 Å². The van der Waals surface area contributed by atoms with Crippen LogP contribution in [0.5, 0.6) is 0 Å². The number of pyridine rings is 1. The van der Waals surface area contributed by atoms with E-state index in [1.54, 1.807) is 6.92 Å². The van der Waals surface area contributed by atoms with E-state index >= 15 is 0 Å². The van der Waals surface area contributed by atoms with Crippen LogP contribution < -0.4 is 0 Å². The second-order valence-electron chi connectivity index (χ2n) is 5.31. The summed E-state index contributed by atoms with van der Waals surface area (Å²) in [5, 5.41) is 0. The van der Waals surface area contributed by atoms with E-state index in [1.165, 1.54) is 6.07 Å². The fraction of sp³-hybridized carbons (Fsp3) is 0.571. The molecule has 0 spiro atoms. The normalized spacial score (nSPS) is 30.4. The van der Waals surface area contributed by atoms with E-state index in [0.717, 1.165) is 31.9 Å². The van der Waals surface area contributed by atoms with Crippen molar-refractivity contribution < 1.29 is 13.9 Å². The van der Waals surface area contributed by atoms with Gasteiger partial charge in [0, 0.05) is 5.92 Å². The van der Waals surface area contributed by atoms with Crippen molar-refractivity contribution in [3.63, 3.8) is 0 Å². The van der Waals surface area contributed by atoms with E-state index in [0.29, 0.717) is 11.3 Å². The fourth-order valence-corrected chi connectivity index (χ4v) is 3.06. The van der Waals surface area contributed by atoms with Gasteiger partial charge in [0.2, 0.25) is 0 Å². The van der Waals surface area contributed by atoms with Crippen LogP contribution in [0.4, 0.5) is 4.39 Å². The van der Waals surface area contributed by atoms with E-state index in [2.05, 4.69) is 4.98 Å². The summed E-state index contributed by atoms with van der Waals surface area (Å²) in [6, 6.07) is 1.37. The third-order valence-corrected chi connectivity index (χ3v) is 3.94. The van der Waals surface area contributed by atoms with E-state index in [9.17, 15) is 9.18 Å². The quantitative estimate of drug-likeness (QED) is 0.756. The minimum absolute atomic E-state index is 0.00656. The number of aromatic nitrogens is 1. The summed E-state index contributed by atoms with van der Waals surface area (Å²) in [6.45, 7) is 1.73. The van der Waals surface area contributed by atoms with Gasteiger partial charge in [0.15, 0.2) is 5.78 Å². The zero-order valence-corrected chi connectivity index (χ0v) is 10.4. The van der Waals surface area contributed by atoms with Crippen LogP contribution in [0.15, 0.2) is 12.3 Å². The number of hydrogen-bond donors (Lipinski definition) is 0. The maximum absolute atomic E-state index is 13.0. The molecule has 2 fully saturated rings. The van der Waals surface area contributed by atoms with Crippen LogP contribution in [-0.2, 0) is 4.74 Å². The Morgan fingerprint density at radius 3 is 2.67 bits per heavy atom. The Morgan fingerprint density at radius 2 is 2.06 bits per heavy atom. The third-order valence-electron chi connectivity index (χ3n) is 3.94. The number of nitrogens with zero attached hydrogens (tertiary/aromatic N) is 1. The molecule has 3 rings (SSSR count). The van der Waals surface area contributed by atoms with Gasteiger partial charge in [-0.3, -0.25) is 4.79 Å². The highest BCUT2D eigenvalue weighted by molar-refractivity contribution is 5.97. The van der Waals surface area contributed by atoms with Crippen LogP contribution in [0.3, 0.4) is 0 Å². The number of aryl methyl sites for hydroxylation is 1. The molecular weight excluding hydrogens is 233 g/mol. The Hall–Kier alpha value is -1.29. The molecule has 4 heteroatoms. The van der Waals surface area contributed by atoms with Gasteiger partial charge in [-0.15, -0.1) is 0 Å². The minimum Gasteiger partial charge on any atom is -0.375 e. The zero-order valence-electron chi connectivity index (χ0n) is 10.4. The molecule has 0 aliphatic carbocycles. The van der Waals surface area contributed by atoms with Crippen molar-refractivity contribution in [1.29, 1.82) is 0 Å². The average molecular weight is 249 g/mol. The third kappa shape index (κ3) is 2.05. The summed E-state index contributed by atoms with van der Waals surface area (Å²) in [6.07, 6.45) is 5.28. The molecule has 3 nitrogen and oxygen atoms in total. The molecular formula is C14H16FNO2. The van der Waals surface area contributed by atoms with Gasteiger partial charge in [-0.1, -0.05) is 0 Å². The van der Waals surface area contributed by atoms with E-state index in [4.69, 9.17) is 4.74 Å². The number of carbonyl (C=O) groups is 1. The number of fused-ring (bicyclic) bond motifs is 2. The van der Waals surface area contributed by atoms with E-state index in [1.807, 2.05) is 0 Å². The van der Waals surface area contributed by atoms with Crippen molar-refractivity contribution in [2.24, 2.45) is 5.92 Å². The van der Waals surface area contributed by atoms with Crippen LogP contribution in [0.25, 0.3) is 0 Å². The van der Waals surface area contributed by atoms with Crippen LogP contribution >= 0.6 is 0 Å². The van der Waals surface area contributed by atoms with E-state index in [-0.39, 0.29) is 23.9 Å². The number of halogens is 1. The van der Waals surface area contributed by atoms with E-state index < -0.39 is 5.82 Å². The van der Waals surface area contributed by atoms with Crippen molar-refractivity contribution >= 4 is 5.78 Å². The van der Waals surface area contributed by atoms with Gasteiger partial charge in [0.25, 0.3) is 0 Å². The second kappa shape index (κ2) is 4.43. The van der Waals surface area contributed by atoms with Crippen LogP contribution in [0.2, 0.25) is 0 Å². The highest BCUT2D eigenvalue weighted by atomic mass is 19.1. The predicted octanol–water partition coefficient (Wildman–Crippen LogP) is 2.67. The average Bonchev–Trinajstić information content (AvgIpc) is 2.67. The molecule has 2 atom stereocenters. The smallest absolute Gasteiger partial charge is 0.184 e. The molecule has 18 heavy (non-hydrogen) atoms. The molecule has 2 saturated heterocycles. The standard InChI is InChI=1S/C14H16FNO2/c1-8-4-10(15)7-16-13(8)14(17)9-5-11-2-3-12(6-9)18-11/h4,7,9,11-12H,2-3,5-6H2,1H3. The molecule has 0 saturated carbocycles. The highest BCUT2D eigenvalue weighted by Gasteiger charge is 2.38. The van der Waals surface area contributed by atoms with Gasteiger partial charge in [-0.2, -0.15) is 0 Å². The first-order chi connectivity index (χ1) is 8.63. The predicted molar refractivity (Wildman–Crippen MR) is 63.9 cm³/mol. The molecule has 96 valence electrons. The molecule has 2 bridgehead atoms. The summed E-state index contributed by atoms with van der Waals surface area (Å²) in [7, 11) is 0. The van der Waals surface area contributed by atoms with Crippen molar-refractivity contribution in [2.45, 2.75) is 44.8 Å². The Kier molecular flexibility index (Phi) is 2.90. The lowest BCUT2D eigenvalue weighted by Crippen LogP contribution is -2.30. The number of hydrogen-bond acceptors (Lipinski definition) is 3. The van der Waals surface area contributed by atoms with Crippen molar-refractivity contribution in [3.8, 4) is 0 Å². The largest absolute Gasteiger partial charge is 0.375 e. The molecule has 0 N–H and O–H groups in total. The fourth-order valence-electron chi connectivity index (χ4n) is 3.06. The van der Waals surface area contributed by atoms with Gasteiger partial charge >= 0.3 is 0 Å². The summed E-state index contributed by atoms with van der Waals surface area (Å²) in [4.78, 5) is 16.4. The molecule has 1 aromatic rings. The van der Waals surface area contributed by atoms with Crippen LogP contribution in [-0.4, -0.2) is 23.0 Å². The Labute approximate surface area is 105 Å². The Morgan fingerprint density at radius 1 is 1.39 bits per heavy atom. The Bertz CT molecular complexity index is 477. The molecule has 2 aliphatic rings. The maximum Gasteiger partial charge on any atom is 0.184 e. The molecule has 0 amide bonds. The molecule has 3 heterocycles. The van der Waals surface area contributed by atoms with Gasteiger partial charge in [0.05, 0.1) is 18.4 Å². The monoisotopic (exact) mass is 249 g/mol. The molecule has 0 aromatic carbocycles. The van der Waals surface area contributed by atoms with Gasteiger partial charge in [-0.25, -0.2) is 9.37 Å². The lowest BCUT2D eigenvalue weighted by molar-refractivity contribution is -0.0150. The van der Waals surface area contributed by atoms with Gasteiger partial charge in [-0.05, 0) is 44.2 Å². The number of Topliss-reactive ketones (excluding diaryl/α,β-unsaturated/α-hetero) is 1. The summed E-state index contributed by atoms with van der Waals surface area (Å²) in [5.41, 5.74) is 1.04. The maximum atomic E-state index is 13.0. The zero-order chi connectivity index (χ0) is 12.7. The first kappa shape index (κ1) is 11.8. The van der Waals surface area contributed by atoms with Crippen molar-refractivity contribution in [3.05, 3.63) is 29.3 Å². The second-order valence-corrected chi connectivity index (χ2v) is 5.31. The molecule has 1 aromatic heterocycles. The first-order valence-electron chi connectivity index (χ1n) is 6.45. The summed E-state index contributed by atoms with van der Waals surface area (Å²) >= 11 is 0. The number of carbonyl (C=O) groups excluding carboxylic acids is 1. The molecule has 2 aliphatic heterocycles. The minimum atomic E-state index is -0.393. The first-order valence-corrected chi connectivity index (χ1v) is 6.45. The number of rotatable bonds is 2.